The van der Waals surface area contributed by atoms with Crippen molar-refractivity contribution in [2.75, 3.05) is 10.6 Å². The summed E-state index contributed by atoms with van der Waals surface area (Å²) in [6.07, 6.45) is 2.62. The zero-order valence-corrected chi connectivity index (χ0v) is 15.0. The molecular weight excluding hydrogens is 357 g/mol. The molecule has 7 nitrogen and oxygen atoms in total. The van der Waals surface area contributed by atoms with Gasteiger partial charge in [-0.05, 0) is 55.4 Å². The summed E-state index contributed by atoms with van der Waals surface area (Å²) in [5.74, 6) is -1.18. The van der Waals surface area contributed by atoms with E-state index < -0.39 is 17.8 Å². The van der Waals surface area contributed by atoms with Crippen molar-refractivity contribution in [3.8, 4) is 0 Å². The first kappa shape index (κ1) is 18.3. The molecule has 2 aromatic rings. The first-order valence-corrected chi connectivity index (χ1v) is 8.97. The van der Waals surface area contributed by atoms with Crippen LogP contribution in [0.3, 0.4) is 0 Å². The highest BCUT2D eigenvalue weighted by Crippen LogP contribution is 2.34. The molecule has 6 N–H and O–H groups in total. The van der Waals surface area contributed by atoms with E-state index in [2.05, 4.69) is 15.0 Å². The Morgan fingerprint density at radius 3 is 2.65 bits per heavy atom. The lowest BCUT2D eigenvalue weighted by atomic mass is 10.0. The normalized spacial score (nSPS) is 16.0. The Morgan fingerprint density at radius 1 is 1.38 bits per heavy atom. The van der Waals surface area contributed by atoms with Crippen LogP contribution >= 0.6 is 11.5 Å². The standard InChI is InChI=1S/C17H20FN5O2S/c1-8-4-15(26-23-8)22-12-6-13(11(18)5-10(12)17(20)25)21-14(7-24)16(19)9-2-3-9/h4-7,9,14,16,21-22H,2-3,19H2,1H3,(H2,20,25). The van der Waals surface area contributed by atoms with Gasteiger partial charge in [-0.25, -0.2) is 4.39 Å². The molecule has 0 bridgehead atoms. The minimum atomic E-state index is -0.763. The predicted octanol–water partition coefficient (Wildman–Crippen LogP) is 2.15. The highest BCUT2D eigenvalue weighted by Gasteiger charge is 2.34. The molecule has 1 aromatic heterocycles. The highest BCUT2D eigenvalue weighted by atomic mass is 32.1. The second-order valence-corrected chi connectivity index (χ2v) is 7.23. The molecule has 138 valence electrons. The van der Waals surface area contributed by atoms with Crippen LogP contribution in [-0.4, -0.2) is 28.7 Å². The van der Waals surface area contributed by atoms with Gasteiger partial charge < -0.3 is 26.9 Å². The lowest BCUT2D eigenvalue weighted by molar-refractivity contribution is -0.108. The van der Waals surface area contributed by atoms with Crippen LogP contribution in [0.2, 0.25) is 0 Å². The van der Waals surface area contributed by atoms with Crippen LogP contribution in [-0.2, 0) is 4.79 Å². The molecule has 1 aliphatic carbocycles. The molecule has 1 heterocycles. The van der Waals surface area contributed by atoms with Gasteiger partial charge in [0.05, 0.1) is 28.7 Å². The van der Waals surface area contributed by atoms with Crippen molar-refractivity contribution in [1.82, 2.24) is 4.37 Å². The van der Waals surface area contributed by atoms with Gasteiger partial charge in [-0.1, -0.05) is 0 Å². The van der Waals surface area contributed by atoms with Crippen molar-refractivity contribution >= 4 is 40.1 Å². The summed E-state index contributed by atoms with van der Waals surface area (Å²) in [5, 5.41) is 6.55. The molecular formula is C17H20FN5O2S. The number of aldehydes is 1. The fourth-order valence-electron chi connectivity index (χ4n) is 2.72. The van der Waals surface area contributed by atoms with Gasteiger partial charge in [0.2, 0.25) is 0 Å². The van der Waals surface area contributed by atoms with Crippen LogP contribution in [0, 0.1) is 18.7 Å². The van der Waals surface area contributed by atoms with E-state index in [9.17, 15) is 14.0 Å². The Labute approximate surface area is 154 Å². The van der Waals surface area contributed by atoms with E-state index in [4.69, 9.17) is 11.5 Å². The van der Waals surface area contributed by atoms with E-state index in [1.54, 1.807) is 6.07 Å². The van der Waals surface area contributed by atoms with Gasteiger partial charge >= 0.3 is 0 Å². The number of aryl methyl sites for hydroxylation is 1. The smallest absolute Gasteiger partial charge is 0.250 e. The maximum absolute atomic E-state index is 14.4. The van der Waals surface area contributed by atoms with Crippen molar-refractivity contribution in [2.45, 2.75) is 31.8 Å². The number of amides is 1. The number of aromatic nitrogens is 1. The Hall–Kier alpha value is -2.52. The first-order chi connectivity index (χ1) is 12.4. The molecule has 0 aliphatic heterocycles. The highest BCUT2D eigenvalue weighted by molar-refractivity contribution is 7.10. The van der Waals surface area contributed by atoms with Gasteiger partial charge in [0.1, 0.15) is 17.1 Å². The van der Waals surface area contributed by atoms with E-state index in [0.717, 1.165) is 24.6 Å². The van der Waals surface area contributed by atoms with Gasteiger partial charge in [-0.3, -0.25) is 4.79 Å². The molecule has 1 fully saturated rings. The third-order valence-electron chi connectivity index (χ3n) is 4.31. The molecule has 9 heteroatoms. The summed E-state index contributed by atoms with van der Waals surface area (Å²) >= 11 is 1.21. The van der Waals surface area contributed by atoms with Crippen molar-refractivity contribution in [3.05, 3.63) is 35.3 Å². The number of benzene rings is 1. The van der Waals surface area contributed by atoms with Crippen LogP contribution in [0.4, 0.5) is 20.8 Å². The Morgan fingerprint density at radius 2 is 2.12 bits per heavy atom. The van der Waals surface area contributed by atoms with Gasteiger partial charge in [0, 0.05) is 6.04 Å². The molecule has 2 unspecified atom stereocenters. The largest absolute Gasteiger partial charge is 0.372 e. The zero-order chi connectivity index (χ0) is 18.8. The maximum Gasteiger partial charge on any atom is 0.250 e. The number of carbonyl (C=O) groups is 2. The molecule has 0 spiro atoms. The summed E-state index contributed by atoms with van der Waals surface area (Å²) in [6, 6.07) is 3.16. The fraction of sp³-hybridized carbons (Fsp3) is 0.353. The lowest BCUT2D eigenvalue weighted by Gasteiger charge is -2.22. The molecule has 0 saturated heterocycles. The maximum atomic E-state index is 14.4. The van der Waals surface area contributed by atoms with E-state index >= 15 is 0 Å². The second kappa shape index (κ2) is 7.38. The summed E-state index contributed by atoms with van der Waals surface area (Å²) in [6.45, 7) is 1.84. The molecule has 1 saturated carbocycles. The van der Waals surface area contributed by atoms with E-state index in [-0.39, 0.29) is 23.2 Å². The molecule has 3 rings (SSSR count). The SMILES string of the molecule is Cc1cc(Nc2cc(NC(C=O)C(N)C3CC3)c(F)cc2C(N)=O)sn1. The van der Waals surface area contributed by atoms with Gasteiger partial charge in [0.25, 0.3) is 5.91 Å². The van der Waals surface area contributed by atoms with Crippen LogP contribution in [0.25, 0.3) is 0 Å². The summed E-state index contributed by atoms with van der Waals surface area (Å²) in [4.78, 5) is 23.1. The molecule has 1 amide bonds. The van der Waals surface area contributed by atoms with E-state index in [1.165, 1.54) is 17.6 Å². The van der Waals surface area contributed by atoms with E-state index in [0.29, 0.717) is 17.0 Å². The zero-order valence-electron chi connectivity index (χ0n) is 14.2. The van der Waals surface area contributed by atoms with E-state index in [1.807, 2.05) is 6.92 Å². The van der Waals surface area contributed by atoms with Crippen LogP contribution in [0.15, 0.2) is 18.2 Å². The number of nitrogens with zero attached hydrogens (tertiary/aromatic N) is 1. The number of hydrogen-bond donors (Lipinski definition) is 4. The Kier molecular flexibility index (Phi) is 5.19. The minimum Gasteiger partial charge on any atom is -0.372 e. The van der Waals surface area contributed by atoms with Gasteiger partial charge in [-0.2, -0.15) is 4.37 Å². The first-order valence-electron chi connectivity index (χ1n) is 8.20. The number of primary amides is 1. The van der Waals surface area contributed by atoms with Crippen molar-refractivity contribution in [2.24, 2.45) is 17.4 Å². The molecule has 0 radical (unpaired) electrons. The Bertz CT molecular complexity index is 837. The number of hydrogen-bond acceptors (Lipinski definition) is 7. The number of carbonyl (C=O) groups excluding carboxylic acids is 2. The summed E-state index contributed by atoms with van der Waals surface area (Å²) < 4.78 is 18.6. The topological polar surface area (TPSA) is 123 Å². The third-order valence-corrected chi connectivity index (χ3v) is 5.10. The fourth-order valence-corrected chi connectivity index (χ4v) is 3.40. The number of nitrogens with one attached hydrogen (secondary N) is 2. The average Bonchev–Trinajstić information content (AvgIpc) is 3.37. The van der Waals surface area contributed by atoms with Crippen LogP contribution < -0.4 is 22.1 Å². The molecule has 1 aliphatic rings. The second-order valence-electron chi connectivity index (χ2n) is 6.42. The van der Waals surface area contributed by atoms with Gasteiger partial charge in [0.15, 0.2) is 0 Å². The van der Waals surface area contributed by atoms with Crippen LogP contribution in [0.1, 0.15) is 28.9 Å². The quantitative estimate of drug-likeness (QED) is 0.523. The van der Waals surface area contributed by atoms with Crippen molar-refractivity contribution in [3.63, 3.8) is 0 Å². The average molecular weight is 377 g/mol. The summed E-state index contributed by atoms with van der Waals surface area (Å²) in [7, 11) is 0. The number of anilines is 3. The van der Waals surface area contributed by atoms with Crippen LogP contribution in [0.5, 0.6) is 0 Å². The monoisotopic (exact) mass is 377 g/mol. The lowest BCUT2D eigenvalue weighted by Crippen LogP contribution is -2.43. The predicted molar refractivity (Wildman–Crippen MR) is 99.2 cm³/mol. The third kappa shape index (κ3) is 4.00. The van der Waals surface area contributed by atoms with Gasteiger partial charge in [-0.15, -0.1) is 0 Å². The molecule has 1 aromatic carbocycles. The number of nitrogens with two attached hydrogens (primary N) is 2. The molecule has 26 heavy (non-hydrogen) atoms. The summed E-state index contributed by atoms with van der Waals surface area (Å²) in [5.41, 5.74) is 12.7. The van der Waals surface area contributed by atoms with Crippen molar-refractivity contribution in [1.29, 1.82) is 0 Å². The van der Waals surface area contributed by atoms with Crippen molar-refractivity contribution < 1.29 is 14.0 Å². The molecule has 2 atom stereocenters. The number of halogens is 1. The number of rotatable bonds is 8. The Balaban J connectivity index is 1.90. The minimum absolute atomic E-state index is 0.00764.